The Balaban J connectivity index is 1.40. The van der Waals surface area contributed by atoms with Gasteiger partial charge < -0.3 is 19.7 Å². The zero-order chi connectivity index (χ0) is 21.3. The Kier molecular flexibility index (Phi) is 7.51. The first-order valence-corrected chi connectivity index (χ1v) is 11.4. The maximum Gasteiger partial charge on any atom is 0.248 e. The third-order valence-electron chi connectivity index (χ3n) is 5.06. The molecule has 0 radical (unpaired) electrons. The summed E-state index contributed by atoms with van der Waals surface area (Å²) >= 11 is 1.43. The second-order valence-corrected chi connectivity index (χ2v) is 8.13. The summed E-state index contributed by atoms with van der Waals surface area (Å²) in [6.07, 6.45) is 9.83. The van der Waals surface area contributed by atoms with E-state index in [1.54, 1.807) is 18.8 Å². The number of benzene rings is 1. The van der Waals surface area contributed by atoms with Crippen molar-refractivity contribution in [2.75, 3.05) is 24.8 Å². The second kappa shape index (κ2) is 10.9. The molecule has 8 nitrogen and oxygen atoms in total. The Morgan fingerprint density at radius 2 is 2.16 bits per heavy atom. The van der Waals surface area contributed by atoms with E-state index < -0.39 is 0 Å². The third kappa shape index (κ3) is 6.05. The number of aromatic nitrogens is 4. The average molecular weight is 441 g/mol. The van der Waals surface area contributed by atoms with Gasteiger partial charge in [0.15, 0.2) is 0 Å². The van der Waals surface area contributed by atoms with Gasteiger partial charge in [0.05, 0.1) is 0 Å². The Morgan fingerprint density at radius 1 is 1.26 bits per heavy atom. The molecule has 0 saturated carbocycles. The van der Waals surface area contributed by atoms with Crippen LogP contribution < -0.4 is 10.2 Å². The summed E-state index contributed by atoms with van der Waals surface area (Å²) in [5, 5.41) is 4.63. The molecule has 1 unspecified atom stereocenters. The molecule has 0 amide bonds. The lowest BCUT2D eigenvalue weighted by Gasteiger charge is -2.25. The van der Waals surface area contributed by atoms with Gasteiger partial charge >= 0.3 is 0 Å². The summed E-state index contributed by atoms with van der Waals surface area (Å²) in [4.78, 5) is 11.1. The van der Waals surface area contributed by atoms with Crippen molar-refractivity contribution in [3.05, 3.63) is 66.6 Å². The lowest BCUT2D eigenvalue weighted by molar-refractivity contribution is 0.0762. The predicted octanol–water partition coefficient (Wildman–Crippen LogP) is 3.72. The first-order chi connectivity index (χ1) is 15.3. The molecule has 3 aromatic rings. The standard InChI is InChI=1S/C22H28N6O2S/c1-2-10-27(22-25-21(26-31-22)28-12-9-23-16-28)11-8-19(13-20-15-29-17-30-20)24-14-18-6-4-3-5-7-18/h3-7,9,12,15-16,19,24H,2,8,10-11,13-14,17H2,1H3. The maximum atomic E-state index is 5.58. The van der Waals surface area contributed by atoms with E-state index in [1.807, 2.05) is 16.8 Å². The van der Waals surface area contributed by atoms with Gasteiger partial charge in [-0.2, -0.15) is 9.36 Å². The summed E-state index contributed by atoms with van der Waals surface area (Å²) in [5.74, 6) is 1.56. The SMILES string of the molecule is CCCN(CCC(CC1=COCO1)NCc1ccccc1)c1nc(-n2ccnc2)ns1. The van der Waals surface area contributed by atoms with E-state index in [1.165, 1.54) is 17.1 Å². The van der Waals surface area contributed by atoms with Gasteiger partial charge in [-0.15, -0.1) is 0 Å². The highest BCUT2D eigenvalue weighted by atomic mass is 32.1. The number of hydrogen-bond donors (Lipinski definition) is 1. The van der Waals surface area contributed by atoms with Gasteiger partial charge in [-0.25, -0.2) is 4.98 Å². The van der Waals surface area contributed by atoms with Crippen molar-refractivity contribution in [3.63, 3.8) is 0 Å². The van der Waals surface area contributed by atoms with Crippen LogP contribution in [0.2, 0.25) is 0 Å². The normalized spacial score (nSPS) is 14.0. The minimum absolute atomic E-state index is 0.258. The lowest BCUT2D eigenvalue weighted by Crippen LogP contribution is -2.35. The quantitative estimate of drug-likeness (QED) is 0.460. The molecule has 1 aliphatic rings. The maximum absolute atomic E-state index is 5.58. The van der Waals surface area contributed by atoms with Crippen molar-refractivity contribution >= 4 is 16.7 Å². The van der Waals surface area contributed by atoms with Crippen LogP contribution in [0.25, 0.3) is 5.95 Å². The minimum Gasteiger partial charge on any atom is -0.462 e. The molecule has 31 heavy (non-hydrogen) atoms. The summed E-state index contributed by atoms with van der Waals surface area (Å²) in [5.41, 5.74) is 1.27. The van der Waals surface area contributed by atoms with Crippen LogP contribution in [0.1, 0.15) is 31.7 Å². The Labute approximate surface area is 186 Å². The first-order valence-electron chi connectivity index (χ1n) is 10.6. The lowest BCUT2D eigenvalue weighted by atomic mass is 10.1. The Morgan fingerprint density at radius 3 is 2.90 bits per heavy atom. The fourth-order valence-electron chi connectivity index (χ4n) is 3.46. The van der Waals surface area contributed by atoms with Crippen LogP contribution in [-0.2, 0) is 16.0 Å². The topological polar surface area (TPSA) is 77.3 Å². The van der Waals surface area contributed by atoms with Gasteiger partial charge in [-0.1, -0.05) is 37.3 Å². The fraction of sp³-hybridized carbons (Fsp3) is 0.409. The van der Waals surface area contributed by atoms with Crippen molar-refractivity contribution in [1.29, 1.82) is 0 Å². The molecular weight excluding hydrogens is 412 g/mol. The minimum atomic E-state index is 0.258. The number of ether oxygens (including phenoxy) is 2. The smallest absolute Gasteiger partial charge is 0.248 e. The molecule has 0 aliphatic carbocycles. The molecule has 1 aliphatic heterocycles. The van der Waals surface area contributed by atoms with Gasteiger partial charge in [-0.3, -0.25) is 4.57 Å². The molecule has 3 heterocycles. The zero-order valence-electron chi connectivity index (χ0n) is 17.7. The third-order valence-corrected chi connectivity index (χ3v) is 5.83. The Hall–Kier alpha value is -2.91. The first kappa shape index (κ1) is 21.3. The largest absolute Gasteiger partial charge is 0.462 e. The monoisotopic (exact) mass is 440 g/mol. The molecule has 0 fully saturated rings. The van der Waals surface area contributed by atoms with Gasteiger partial charge in [0, 0.05) is 56.0 Å². The number of hydrogen-bond acceptors (Lipinski definition) is 8. The number of rotatable bonds is 12. The summed E-state index contributed by atoms with van der Waals surface area (Å²) in [6, 6.07) is 10.7. The number of anilines is 1. The molecule has 9 heteroatoms. The predicted molar refractivity (Wildman–Crippen MR) is 121 cm³/mol. The number of nitrogens with one attached hydrogen (secondary N) is 1. The van der Waals surface area contributed by atoms with Crippen molar-refractivity contribution in [2.24, 2.45) is 0 Å². The van der Waals surface area contributed by atoms with Crippen molar-refractivity contribution in [2.45, 2.75) is 38.8 Å². The van der Waals surface area contributed by atoms with Gasteiger partial charge in [0.1, 0.15) is 18.3 Å². The van der Waals surface area contributed by atoms with Crippen LogP contribution in [0.4, 0.5) is 5.13 Å². The van der Waals surface area contributed by atoms with Gasteiger partial charge in [0.25, 0.3) is 0 Å². The molecule has 0 saturated heterocycles. The molecule has 0 bridgehead atoms. The van der Waals surface area contributed by atoms with Crippen LogP contribution in [0.5, 0.6) is 0 Å². The van der Waals surface area contributed by atoms with Crippen LogP contribution in [0.3, 0.4) is 0 Å². The second-order valence-electron chi connectivity index (χ2n) is 7.40. The van der Waals surface area contributed by atoms with E-state index >= 15 is 0 Å². The highest BCUT2D eigenvalue weighted by molar-refractivity contribution is 7.09. The summed E-state index contributed by atoms with van der Waals surface area (Å²) < 4.78 is 17.2. The van der Waals surface area contributed by atoms with E-state index in [4.69, 9.17) is 14.5 Å². The molecule has 4 rings (SSSR count). The van der Waals surface area contributed by atoms with E-state index in [2.05, 4.69) is 50.8 Å². The van der Waals surface area contributed by atoms with Gasteiger partial charge in [0.2, 0.25) is 17.9 Å². The van der Waals surface area contributed by atoms with E-state index in [0.29, 0.717) is 12.7 Å². The van der Waals surface area contributed by atoms with Crippen LogP contribution >= 0.6 is 11.5 Å². The summed E-state index contributed by atoms with van der Waals surface area (Å²) in [6.45, 7) is 5.13. The van der Waals surface area contributed by atoms with Crippen molar-refractivity contribution in [1.82, 2.24) is 24.2 Å². The highest BCUT2D eigenvalue weighted by Gasteiger charge is 2.19. The molecule has 1 atom stereocenters. The molecule has 1 N–H and O–H groups in total. The zero-order valence-corrected chi connectivity index (χ0v) is 18.5. The number of nitrogens with zero attached hydrogens (tertiary/aromatic N) is 5. The van der Waals surface area contributed by atoms with Crippen LogP contribution in [-0.4, -0.2) is 44.8 Å². The average Bonchev–Trinajstić information content (AvgIpc) is 3.57. The van der Waals surface area contributed by atoms with Gasteiger partial charge in [-0.05, 0) is 18.4 Å². The van der Waals surface area contributed by atoms with Crippen LogP contribution in [0.15, 0.2) is 61.1 Å². The highest BCUT2D eigenvalue weighted by Crippen LogP contribution is 2.22. The van der Waals surface area contributed by atoms with E-state index in [-0.39, 0.29) is 6.04 Å². The van der Waals surface area contributed by atoms with E-state index in [0.717, 1.165) is 49.8 Å². The van der Waals surface area contributed by atoms with Crippen LogP contribution in [0, 0.1) is 0 Å². The van der Waals surface area contributed by atoms with Crippen molar-refractivity contribution in [3.8, 4) is 5.95 Å². The number of imidazole rings is 1. The summed E-state index contributed by atoms with van der Waals surface area (Å²) in [7, 11) is 0. The Bertz CT molecular complexity index is 944. The molecule has 2 aromatic heterocycles. The fourth-order valence-corrected chi connectivity index (χ4v) is 4.18. The van der Waals surface area contributed by atoms with Crippen molar-refractivity contribution < 1.29 is 9.47 Å². The molecule has 0 spiro atoms. The molecule has 1 aromatic carbocycles. The molecular formula is C22H28N6O2S. The molecule has 164 valence electrons. The van der Waals surface area contributed by atoms with E-state index in [9.17, 15) is 0 Å².